The maximum absolute atomic E-state index is 12.9. The minimum atomic E-state index is -1.25. The molecule has 0 amide bonds. The van der Waals surface area contributed by atoms with Crippen molar-refractivity contribution in [2.45, 2.75) is 23.0 Å². The lowest BCUT2D eigenvalue weighted by Crippen LogP contribution is -1.97. The summed E-state index contributed by atoms with van der Waals surface area (Å²) in [5, 5.41) is 0. The molecule has 3 nitrogen and oxygen atoms in total. The lowest BCUT2D eigenvalue weighted by molar-refractivity contribution is 0.306. The average molecular weight is 415 g/mol. The van der Waals surface area contributed by atoms with Gasteiger partial charge >= 0.3 is 0 Å². The van der Waals surface area contributed by atoms with Crippen LogP contribution < -0.4 is 9.47 Å². The van der Waals surface area contributed by atoms with Crippen LogP contribution >= 0.6 is 0 Å². The van der Waals surface area contributed by atoms with Gasteiger partial charge in [-0.15, -0.1) is 0 Å². The predicted molar refractivity (Wildman–Crippen MR) is 119 cm³/mol. The van der Waals surface area contributed by atoms with E-state index in [2.05, 4.69) is 0 Å². The summed E-state index contributed by atoms with van der Waals surface area (Å²) in [7, 11) is -1.25. The molecule has 0 spiro atoms. The predicted octanol–water partition coefficient (Wildman–Crippen LogP) is 6.01. The molecule has 0 atom stereocenters. The first kappa shape index (κ1) is 19.9. The smallest absolute Gasteiger partial charge is 0.119 e. The third-order valence-corrected chi connectivity index (χ3v) is 5.97. The Hall–Kier alpha value is -3.37. The zero-order valence-electron chi connectivity index (χ0n) is 16.4. The summed E-state index contributed by atoms with van der Waals surface area (Å²) >= 11 is 0. The summed E-state index contributed by atoms with van der Waals surface area (Å²) in [6.07, 6.45) is 0. The lowest BCUT2D eigenvalue weighted by atomic mass is 10.2. The molecule has 0 saturated heterocycles. The highest BCUT2D eigenvalue weighted by Gasteiger charge is 2.08. The highest BCUT2D eigenvalue weighted by atomic mass is 32.2. The Balaban J connectivity index is 1.34. The summed E-state index contributed by atoms with van der Waals surface area (Å²) in [6.45, 7) is 1.02. The zero-order chi connectivity index (χ0) is 20.6. The Morgan fingerprint density at radius 3 is 1.23 bits per heavy atom. The van der Waals surface area contributed by atoms with E-state index in [0.29, 0.717) is 13.2 Å². The average Bonchev–Trinajstić information content (AvgIpc) is 2.83. The summed E-state index contributed by atoms with van der Waals surface area (Å²) < 4.78 is 24.4. The third-order valence-electron chi connectivity index (χ3n) is 4.57. The second-order valence-corrected chi connectivity index (χ2v) is 8.24. The van der Waals surface area contributed by atoms with Crippen molar-refractivity contribution in [2.24, 2.45) is 0 Å². The van der Waals surface area contributed by atoms with Crippen LogP contribution in [0.15, 0.2) is 119 Å². The van der Waals surface area contributed by atoms with Gasteiger partial charge in [0.05, 0.1) is 10.8 Å². The number of hydrogen-bond donors (Lipinski definition) is 0. The van der Waals surface area contributed by atoms with Crippen LogP contribution in [0.3, 0.4) is 0 Å². The number of rotatable bonds is 8. The molecule has 0 aliphatic heterocycles. The van der Waals surface area contributed by atoms with Crippen molar-refractivity contribution < 1.29 is 13.7 Å². The van der Waals surface area contributed by atoms with E-state index in [1.54, 1.807) is 0 Å². The molecule has 0 bridgehead atoms. The molecule has 4 heteroatoms. The Bertz CT molecular complexity index is 988. The third kappa shape index (κ3) is 5.37. The molecule has 0 aromatic heterocycles. The minimum absolute atomic E-state index is 0.508. The molecule has 150 valence electrons. The van der Waals surface area contributed by atoms with E-state index >= 15 is 0 Å². The Labute approximate surface area is 179 Å². The van der Waals surface area contributed by atoms with E-state index in [1.807, 2.05) is 109 Å². The van der Waals surface area contributed by atoms with E-state index < -0.39 is 10.8 Å². The van der Waals surface area contributed by atoms with E-state index in [1.165, 1.54) is 0 Å². The van der Waals surface area contributed by atoms with Crippen LogP contribution in [0.1, 0.15) is 11.1 Å². The maximum Gasteiger partial charge on any atom is 0.119 e. The van der Waals surface area contributed by atoms with Gasteiger partial charge < -0.3 is 9.47 Å². The quantitative estimate of drug-likeness (QED) is 0.354. The molecule has 0 saturated carbocycles. The van der Waals surface area contributed by atoms with Gasteiger partial charge in [-0.25, -0.2) is 4.21 Å². The molecule has 0 radical (unpaired) electrons. The molecule has 4 aromatic carbocycles. The van der Waals surface area contributed by atoms with Crippen LogP contribution in [-0.2, 0) is 24.0 Å². The van der Waals surface area contributed by atoms with E-state index in [9.17, 15) is 4.21 Å². The molecule has 0 aliphatic carbocycles. The summed E-state index contributed by atoms with van der Waals surface area (Å²) in [5.41, 5.74) is 2.22. The molecular weight excluding hydrogens is 392 g/mol. The van der Waals surface area contributed by atoms with Crippen molar-refractivity contribution in [1.29, 1.82) is 0 Å². The van der Waals surface area contributed by atoms with Crippen LogP contribution in [0.5, 0.6) is 11.5 Å². The van der Waals surface area contributed by atoms with E-state index in [4.69, 9.17) is 9.47 Å². The van der Waals surface area contributed by atoms with Crippen molar-refractivity contribution in [1.82, 2.24) is 0 Å². The fourth-order valence-electron chi connectivity index (χ4n) is 2.94. The topological polar surface area (TPSA) is 35.5 Å². The standard InChI is InChI=1S/C26H22O3S/c27-30(25-15-11-23(12-16-25)28-19-21-7-3-1-4-8-21)26-17-13-24(14-18-26)29-20-22-9-5-2-6-10-22/h1-18H,19-20H2. The second kappa shape index (κ2) is 9.90. The largest absolute Gasteiger partial charge is 0.489 e. The first-order valence-electron chi connectivity index (χ1n) is 9.73. The number of hydrogen-bond acceptors (Lipinski definition) is 3. The summed E-state index contributed by atoms with van der Waals surface area (Å²) in [5.74, 6) is 1.51. The Kier molecular flexibility index (Phi) is 6.58. The molecule has 4 rings (SSSR count). The van der Waals surface area contributed by atoms with Crippen LogP contribution in [0.25, 0.3) is 0 Å². The van der Waals surface area contributed by atoms with Crippen molar-refractivity contribution in [3.63, 3.8) is 0 Å². The van der Waals surface area contributed by atoms with Crippen LogP contribution in [0.2, 0.25) is 0 Å². The highest BCUT2D eigenvalue weighted by Crippen LogP contribution is 2.23. The van der Waals surface area contributed by atoms with Crippen molar-refractivity contribution in [2.75, 3.05) is 0 Å². The van der Waals surface area contributed by atoms with Crippen molar-refractivity contribution in [3.05, 3.63) is 120 Å². The van der Waals surface area contributed by atoms with Gasteiger partial charge in [0.25, 0.3) is 0 Å². The molecule has 4 aromatic rings. The molecule has 0 aliphatic rings. The number of ether oxygens (including phenoxy) is 2. The van der Waals surface area contributed by atoms with Gasteiger partial charge in [-0.05, 0) is 59.7 Å². The molecular formula is C26H22O3S. The second-order valence-electron chi connectivity index (χ2n) is 6.76. The first-order valence-corrected chi connectivity index (χ1v) is 10.9. The Morgan fingerprint density at radius 1 is 0.500 bits per heavy atom. The lowest BCUT2D eigenvalue weighted by Gasteiger charge is -2.09. The molecule has 0 fully saturated rings. The van der Waals surface area contributed by atoms with Crippen LogP contribution in [0, 0.1) is 0 Å². The molecule has 0 unspecified atom stereocenters. The van der Waals surface area contributed by atoms with Gasteiger partial charge in [0.1, 0.15) is 24.7 Å². The maximum atomic E-state index is 12.9. The fourth-order valence-corrected chi connectivity index (χ4v) is 3.98. The van der Waals surface area contributed by atoms with Gasteiger partial charge in [0.15, 0.2) is 0 Å². The van der Waals surface area contributed by atoms with Crippen molar-refractivity contribution >= 4 is 10.8 Å². The first-order chi connectivity index (χ1) is 14.8. The van der Waals surface area contributed by atoms with E-state index in [0.717, 1.165) is 32.4 Å². The van der Waals surface area contributed by atoms with Crippen molar-refractivity contribution in [3.8, 4) is 11.5 Å². The Morgan fingerprint density at radius 2 is 0.867 bits per heavy atom. The highest BCUT2D eigenvalue weighted by molar-refractivity contribution is 7.85. The summed E-state index contributed by atoms with van der Waals surface area (Å²) in [4.78, 5) is 1.47. The summed E-state index contributed by atoms with van der Waals surface area (Å²) in [6, 6.07) is 34.8. The number of benzene rings is 4. The zero-order valence-corrected chi connectivity index (χ0v) is 17.3. The van der Waals surface area contributed by atoms with Gasteiger partial charge in [0.2, 0.25) is 0 Å². The van der Waals surface area contributed by atoms with E-state index in [-0.39, 0.29) is 0 Å². The van der Waals surface area contributed by atoms with Gasteiger partial charge in [0, 0.05) is 9.79 Å². The molecule has 0 N–H and O–H groups in total. The fraction of sp³-hybridized carbons (Fsp3) is 0.0769. The monoisotopic (exact) mass is 414 g/mol. The molecule has 30 heavy (non-hydrogen) atoms. The van der Waals surface area contributed by atoms with Crippen LogP contribution in [-0.4, -0.2) is 4.21 Å². The molecule has 0 heterocycles. The normalized spacial score (nSPS) is 10.7. The SMILES string of the molecule is O=S(c1ccc(OCc2ccccc2)cc1)c1ccc(OCc2ccccc2)cc1. The van der Waals surface area contributed by atoms with Gasteiger partial charge in [-0.2, -0.15) is 0 Å². The van der Waals surface area contributed by atoms with Crippen LogP contribution in [0.4, 0.5) is 0 Å². The van der Waals surface area contributed by atoms with Gasteiger partial charge in [-0.3, -0.25) is 0 Å². The minimum Gasteiger partial charge on any atom is -0.489 e. The van der Waals surface area contributed by atoms with Gasteiger partial charge in [-0.1, -0.05) is 60.7 Å².